The van der Waals surface area contributed by atoms with Gasteiger partial charge in [0.15, 0.2) is 5.82 Å². The van der Waals surface area contributed by atoms with Crippen LogP contribution >= 0.6 is 0 Å². The van der Waals surface area contributed by atoms with Crippen molar-refractivity contribution in [3.63, 3.8) is 0 Å². The molecule has 0 fully saturated rings. The first-order valence-electron chi connectivity index (χ1n) is 11.4. The monoisotopic (exact) mass is 577 g/mol. The number of H-pyrrole nitrogens is 1. The maximum Gasteiger partial charge on any atom is 0.355 e. The zero-order valence-corrected chi connectivity index (χ0v) is 21.5. The highest BCUT2D eigenvalue weighted by Crippen LogP contribution is 2.37. The Balaban J connectivity index is 1.79. The molecule has 4 aromatic rings. The number of hydrogen-bond acceptors (Lipinski definition) is 9. The largest absolute Gasteiger partial charge is 0.481 e. The molecule has 210 valence electrons. The minimum Gasteiger partial charge on any atom is -0.481 e. The fourth-order valence-corrected chi connectivity index (χ4v) is 4.17. The Morgan fingerprint density at radius 3 is 2.52 bits per heavy atom. The number of nitrogens with zero attached hydrogens (tertiary/aromatic N) is 3. The van der Waals surface area contributed by atoms with E-state index in [1.54, 1.807) is 4.72 Å². The molecule has 1 unspecified atom stereocenters. The molecule has 0 saturated carbocycles. The van der Waals surface area contributed by atoms with Crippen LogP contribution in [0.1, 0.15) is 22.0 Å². The molecule has 1 atom stereocenters. The van der Waals surface area contributed by atoms with Gasteiger partial charge in [0, 0.05) is 25.1 Å². The number of primary amides is 1. The molecule has 0 bridgehead atoms. The van der Waals surface area contributed by atoms with Crippen molar-refractivity contribution in [1.82, 2.24) is 20.2 Å². The lowest BCUT2D eigenvalue weighted by molar-refractivity contribution is 0.0815. The second kappa shape index (κ2) is 12.0. The van der Waals surface area contributed by atoms with Crippen molar-refractivity contribution in [1.29, 1.82) is 0 Å². The summed E-state index contributed by atoms with van der Waals surface area (Å²) in [4.78, 5) is 20.4. The molecule has 2 heterocycles. The van der Waals surface area contributed by atoms with E-state index >= 15 is 0 Å². The molecule has 16 heteroatoms. The van der Waals surface area contributed by atoms with E-state index in [1.807, 2.05) is 0 Å². The number of ether oxygens (including phenoxy) is 2. The quantitative estimate of drug-likeness (QED) is 0.196. The number of benzene rings is 2. The maximum atomic E-state index is 13.5. The van der Waals surface area contributed by atoms with E-state index in [4.69, 9.17) is 15.2 Å². The number of anilines is 3. The Labute approximate surface area is 225 Å². The van der Waals surface area contributed by atoms with E-state index < -0.39 is 33.6 Å². The predicted molar refractivity (Wildman–Crippen MR) is 138 cm³/mol. The molecule has 12 nitrogen and oxygen atoms in total. The fourth-order valence-electron chi connectivity index (χ4n) is 3.60. The van der Waals surface area contributed by atoms with Crippen molar-refractivity contribution in [3.05, 3.63) is 78.0 Å². The summed E-state index contributed by atoms with van der Waals surface area (Å²) in [6.45, 7) is -0.0698. The number of amides is 1. The number of sulfonamides is 1. The summed E-state index contributed by atoms with van der Waals surface area (Å²) in [5.41, 5.74) is 6.00. The van der Waals surface area contributed by atoms with Crippen molar-refractivity contribution in [3.8, 4) is 17.0 Å². The van der Waals surface area contributed by atoms with Gasteiger partial charge in [0.2, 0.25) is 0 Å². The van der Waals surface area contributed by atoms with Crippen LogP contribution in [0.25, 0.3) is 11.3 Å². The zero-order chi connectivity index (χ0) is 28.9. The lowest BCUT2D eigenvalue weighted by Gasteiger charge is -2.22. The summed E-state index contributed by atoms with van der Waals surface area (Å²) in [6.07, 6.45) is 3.34. The average molecular weight is 578 g/mol. The summed E-state index contributed by atoms with van der Waals surface area (Å²) in [7, 11) is -3.70. The highest BCUT2D eigenvalue weighted by molar-refractivity contribution is 7.93. The van der Waals surface area contributed by atoms with Gasteiger partial charge in [0.05, 0.1) is 24.2 Å². The van der Waals surface area contributed by atoms with Gasteiger partial charge in [-0.2, -0.15) is 13.9 Å². The average Bonchev–Trinajstić information content (AvgIpc) is 3.34. The van der Waals surface area contributed by atoms with Gasteiger partial charge in [0.1, 0.15) is 29.1 Å². The first kappa shape index (κ1) is 28.3. The minimum absolute atomic E-state index is 0.0246. The molecular formula is C24H22F3N7O5S. The SMILES string of the molecule is COCC(Oc1cc(-c2[nH]nc(Nc3cnccn3)c2C(N)=O)ccc1NS(=O)(=O)C(F)F)c1ccc(F)cc1. The van der Waals surface area contributed by atoms with Crippen molar-refractivity contribution in [2.24, 2.45) is 5.73 Å². The van der Waals surface area contributed by atoms with E-state index in [2.05, 4.69) is 25.5 Å². The van der Waals surface area contributed by atoms with E-state index in [0.29, 0.717) is 5.56 Å². The van der Waals surface area contributed by atoms with Crippen LogP contribution in [0.5, 0.6) is 5.75 Å². The van der Waals surface area contributed by atoms with Crippen LogP contribution in [-0.2, 0) is 14.8 Å². The second-order valence-corrected chi connectivity index (χ2v) is 9.78. The Kier molecular flexibility index (Phi) is 8.49. The number of nitrogens with two attached hydrogens (primary N) is 1. The lowest BCUT2D eigenvalue weighted by Crippen LogP contribution is -2.22. The number of halogens is 3. The molecule has 40 heavy (non-hydrogen) atoms. The molecule has 2 aromatic carbocycles. The van der Waals surface area contributed by atoms with Crippen LogP contribution in [0.2, 0.25) is 0 Å². The smallest absolute Gasteiger partial charge is 0.355 e. The molecule has 0 radical (unpaired) electrons. The first-order chi connectivity index (χ1) is 19.1. The molecule has 2 aromatic heterocycles. The number of aromatic nitrogens is 4. The minimum atomic E-state index is -5.08. The van der Waals surface area contributed by atoms with Gasteiger partial charge in [-0.1, -0.05) is 18.2 Å². The lowest BCUT2D eigenvalue weighted by atomic mass is 10.1. The number of alkyl halides is 2. The number of methoxy groups -OCH3 is 1. The van der Waals surface area contributed by atoms with Crippen molar-refractivity contribution in [2.45, 2.75) is 11.9 Å². The molecular weight excluding hydrogens is 555 g/mol. The molecule has 5 N–H and O–H groups in total. The van der Waals surface area contributed by atoms with Crippen LogP contribution in [0.15, 0.2) is 61.1 Å². The van der Waals surface area contributed by atoms with Crippen LogP contribution in [-0.4, -0.2) is 54.0 Å². The topological polar surface area (TPSA) is 174 Å². The van der Waals surface area contributed by atoms with Gasteiger partial charge in [-0.05, 0) is 29.8 Å². The summed E-state index contributed by atoms with van der Waals surface area (Å²) < 4.78 is 76.7. The first-order valence-corrected chi connectivity index (χ1v) is 12.9. The number of carbonyl (C=O) groups is 1. The molecule has 4 rings (SSSR count). The highest BCUT2D eigenvalue weighted by atomic mass is 32.2. The third kappa shape index (κ3) is 6.47. The number of aromatic amines is 1. The maximum absolute atomic E-state index is 13.5. The van der Waals surface area contributed by atoms with Crippen LogP contribution in [0.3, 0.4) is 0 Å². The van der Waals surface area contributed by atoms with Crippen molar-refractivity contribution >= 4 is 33.3 Å². The summed E-state index contributed by atoms with van der Waals surface area (Å²) in [5, 5.41) is 9.58. The molecule has 0 spiro atoms. The number of nitrogens with one attached hydrogen (secondary N) is 3. The third-order valence-corrected chi connectivity index (χ3v) is 6.38. The van der Waals surface area contributed by atoms with E-state index in [0.717, 1.165) is 0 Å². The van der Waals surface area contributed by atoms with Crippen molar-refractivity contribution in [2.75, 3.05) is 23.8 Å². The molecule has 0 saturated heterocycles. The van der Waals surface area contributed by atoms with Gasteiger partial charge in [0.25, 0.3) is 15.9 Å². The van der Waals surface area contributed by atoms with Crippen LogP contribution in [0.4, 0.5) is 30.5 Å². The van der Waals surface area contributed by atoms with E-state index in [1.165, 1.54) is 68.2 Å². The molecule has 0 aliphatic rings. The Morgan fingerprint density at radius 1 is 1.15 bits per heavy atom. The zero-order valence-electron chi connectivity index (χ0n) is 20.6. The molecule has 1 amide bonds. The number of carbonyl (C=O) groups excluding carboxylic acids is 1. The molecule has 0 aliphatic heterocycles. The van der Waals surface area contributed by atoms with Gasteiger partial charge < -0.3 is 20.5 Å². The highest BCUT2D eigenvalue weighted by Gasteiger charge is 2.27. The Hall–Kier alpha value is -4.70. The van der Waals surface area contributed by atoms with E-state index in [9.17, 15) is 26.4 Å². The van der Waals surface area contributed by atoms with Crippen LogP contribution in [0, 0.1) is 5.82 Å². The normalized spacial score (nSPS) is 12.2. The van der Waals surface area contributed by atoms with Gasteiger partial charge in [-0.25, -0.2) is 17.8 Å². The van der Waals surface area contributed by atoms with Crippen molar-refractivity contribution < 1.29 is 35.9 Å². The van der Waals surface area contributed by atoms with E-state index in [-0.39, 0.29) is 46.5 Å². The second-order valence-electron chi connectivity index (χ2n) is 8.13. The van der Waals surface area contributed by atoms with Gasteiger partial charge in [-0.3, -0.25) is 19.6 Å². The summed E-state index contributed by atoms with van der Waals surface area (Å²) in [6, 6.07) is 9.03. The van der Waals surface area contributed by atoms with Gasteiger partial charge in [-0.15, -0.1) is 0 Å². The molecule has 0 aliphatic carbocycles. The third-order valence-electron chi connectivity index (χ3n) is 5.41. The summed E-state index contributed by atoms with van der Waals surface area (Å²) >= 11 is 0. The number of hydrogen-bond donors (Lipinski definition) is 4. The predicted octanol–water partition coefficient (Wildman–Crippen LogP) is 3.58. The van der Waals surface area contributed by atoms with Crippen LogP contribution < -0.4 is 20.5 Å². The number of rotatable bonds is 12. The Morgan fingerprint density at radius 2 is 1.90 bits per heavy atom. The fraction of sp³-hybridized carbons (Fsp3) is 0.167. The van der Waals surface area contributed by atoms with Gasteiger partial charge >= 0.3 is 5.76 Å². The Bertz CT molecular complexity index is 1590. The summed E-state index contributed by atoms with van der Waals surface area (Å²) in [5.74, 6) is -5.01. The standard InChI is InChI=1S/C24H22F3N7O5S/c1-38-12-18(13-2-5-15(25)6-3-13)39-17-10-14(4-7-16(17)34-40(36,37)24(26)27)21-20(22(28)35)23(33-32-21)31-19-11-29-8-9-30-19/h2-11,18,24,34H,12H2,1H3,(H2,28,35)(H2,30,31,32,33).